The summed E-state index contributed by atoms with van der Waals surface area (Å²) < 4.78 is 0. The van der Waals surface area contributed by atoms with Gasteiger partial charge in [0, 0.05) is 13.1 Å². The molecule has 0 atom stereocenters. The highest BCUT2D eigenvalue weighted by molar-refractivity contribution is 4.86. The van der Waals surface area contributed by atoms with Crippen LogP contribution in [0.15, 0.2) is 0 Å². The first kappa shape index (κ1) is 9.96. The second kappa shape index (κ2) is 3.97. The molecule has 1 heteroatoms. The summed E-state index contributed by atoms with van der Waals surface area (Å²) in [6.07, 6.45) is 0. The first-order valence-electron chi connectivity index (χ1n) is 4.36. The molecule has 1 aliphatic rings. The van der Waals surface area contributed by atoms with Gasteiger partial charge in [-0.05, 0) is 12.0 Å². The van der Waals surface area contributed by atoms with Crippen molar-refractivity contribution >= 4 is 0 Å². The summed E-state index contributed by atoms with van der Waals surface area (Å²) in [6, 6.07) is 0. The van der Waals surface area contributed by atoms with Crippen LogP contribution in [0.2, 0.25) is 0 Å². The van der Waals surface area contributed by atoms with Crippen molar-refractivity contribution in [3.63, 3.8) is 0 Å². The normalized spacial score (nSPS) is 22.5. The molecule has 1 saturated heterocycles. The lowest BCUT2D eigenvalue weighted by molar-refractivity contribution is 0.0364. The molecule has 1 aliphatic heterocycles. The summed E-state index contributed by atoms with van der Waals surface area (Å²) >= 11 is 0. The van der Waals surface area contributed by atoms with Crippen molar-refractivity contribution in [1.29, 1.82) is 0 Å². The zero-order valence-corrected chi connectivity index (χ0v) is 8.07. The lowest BCUT2D eigenvalue weighted by atomic mass is 9.85. The predicted octanol–water partition coefficient (Wildman–Crippen LogP) is 2.37. The van der Waals surface area contributed by atoms with E-state index in [0.29, 0.717) is 5.41 Å². The Labute approximate surface area is 65.4 Å². The summed E-state index contributed by atoms with van der Waals surface area (Å²) in [4.78, 5) is 2.46. The van der Waals surface area contributed by atoms with Crippen molar-refractivity contribution in [2.24, 2.45) is 5.41 Å². The maximum Gasteiger partial charge on any atom is 0.00450 e. The monoisotopic (exact) mass is 143 g/mol. The Morgan fingerprint density at radius 3 is 1.70 bits per heavy atom. The molecule has 0 radical (unpaired) electrons. The molecule has 0 saturated carbocycles. The van der Waals surface area contributed by atoms with Crippen LogP contribution in [-0.2, 0) is 0 Å². The standard InChI is InChI=1S/C7H15N.C2H6/c1-4-8-5-7(2,3)6-8;1-2/h4-6H2,1-3H3;1-2H3. The van der Waals surface area contributed by atoms with Crippen molar-refractivity contribution in [3.8, 4) is 0 Å². The molecule has 62 valence electrons. The SMILES string of the molecule is CC.CCN1CC(C)(C)C1. The van der Waals surface area contributed by atoms with Gasteiger partial charge in [0.15, 0.2) is 0 Å². The summed E-state index contributed by atoms with van der Waals surface area (Å²) in [5.41, 5.74) is 0.621. The second-order valence-corrected chi connectivity index (χ2v) is 3.47. The Bertz CT molecular complexity index is 78.7. The highest BCUT2D eigenvalue weighted by Crippen LogP contribution is 2.27. The summed E-state index contributed by atoms with van der Waals surface area (Å²) in [5, 5.41) is 0. The maximum atomic E-state index is 2.46. The topological polar surface area (TPSA) is 3.24 Å². The molecule has 0 spiro atoms. The molecule has 1 heterocycles. The third-order valence-corrected chi connectivity index (χ3v) is 1.75. The van der Waals surface area contributed by atoms with E-state index in [4.69, 9.17) is 0 Å². The molecule has 0 aliphatic carbocycles. The molecule has 0 aromatic rings. The van der Waals surface area contributed by atoms with Gasteiger partial charge in [-0.3, -0.25) is 0 Å². The average molecular weight is 143 g/mol. The molecule has 1 rings (SSSR count). The van der Waals surface area contributed by atoms with Gasteiger partial charge in [0.25, 0.3) is 0 Å². The quantitative estimate of drug-likeness (QED) is 0.544. The number of rotatable bonds is 1. The van der Waals surface area contributed by atoms with E-state index in [9.17, 15) is 0 Å². The second-order valence-electron chi connectivity index (χ2n) is 3.47. The summed E-state index contributed by atoms with van der Waals surface area (Å²) in [7, 11) is 0. The van der Waals surface area contributed by atoms with Crippen LogP contribution in [0.5, 0.6) is 0 Å². The van der Waals surface area contributed by atoms with E-state index in [2.05, 4.69) is 25.7 Å². The van der Waals surface area contributed by atoms with Crippen molar-refractivity contribution < 1.29 is 0 Å². The molecular formula is C9H21N. The van der Waals surface area contributed by atoms with Crippen molar-refractivity contribution in [3.05, 3.63) is 0 Å². The molecule has 1 fully saturated rings. The molecule has 10 heavy (non-hydrogen) atoms. The van der Waals surface area contributed by atoms with Crippen molar-refractivity contribution in [2.45, 2.75) is 34.6 Å². The van der Waals surface area contributed by atoms with Crippen molar-refractivity contribution in [2.75, 3.05) is 19.6 Å². The minimum absolute atomic E-state index is 0.621. The van der Waals surface area contributed by atoms with Gasteiger partial charge in [0.1, 0.15) is 0 Å². The Hall–Kier alpha value is -0.0400. The van der Waals surface area contributed by atoms with Gasteiger partial charge in [-0.15, -0.1) is 0 Å². The van der Waals surface area contributed by atoms with Gasteiger partial charge in [0.2, 0.25) is 0 Å². The third-order valence-electron chi connectivity index (χ3n) is 1.75. The minimum Gasteiger partial charge on any atom is -0.302 e. The van der Waals surface area contributed by atoms with E-state index < -0.39 is 0 Å². The average Bonchev–Trinajstić information content (AvgIpc) is 1.87. The summed E-state index contributed by atoms with van der Waals surface area (Å²) in [6.45, 7) is 14.7. The molecule has 0 unspecified atom stereocenters. The van der Waals surface area contributed by atoms with Crippen LogP contribution >= 0.6 is 0 Å². The van der Waals surface area contributed by atoms with Crippen LogP contribution in [-0.4, -0.2) is 24.5 Å². The third kappa shape index (κ3) is 2.70. The van der Waals surface area contributed by atoms with Gasteiger partial charge in [0.05, 0.1) is 0 Å². The highest BCUT2D eigenvalue weighted by Gasteiger charge is 2.32. The zero-order valence-electron chi connectivity index (χ0n) is 8.07. The number of nitrogens with zero attached hydrogens (tertiary/aromatic N) is 1. The van der Waals surface area contributed by atoms with Gasteiger partial charge in [-0.25, -0.2) is 0 Å². The van der Waals surface area contributed by atoms with Crippen LogP contribution in [0.4, 0.5) is 0 Å². The predicted molar refractivity (Wildman–Crippen MR) is 47.2 cm³/mol. The minimum atomic E-state index is 0.621. The first-order chi connectivity index (χ1) is 4.64. The van der Waals surface area contributed by atoms with Gasteiger partial charge < -0.3 is 4.90 Å². The number of hydrogen-bond donors (Lipinski definition) is 0. The molecule has 0 amide bonds. The van der Waals surface area contributed by atoms with Crippen molar-refractivity contribution in [1.82, 2.24) is 4.90 Å². The van der Waals surface area contributed by atoms with Crippen LogP contribution in [0.3, 0.4) is 0 Å². The van der Waals surface area contributed by atoms with Gasteiger partial charge in [-0.2, -0.15) is 0 Å². The van der Waals surface area contributed by atoms with Crippen LogP contribution < -0.4 is 0 Å². The van der Waals surface area contributed by atoms with E-state index in [1.54, 1.807) is 0 Å². The van der Waals surface area contributed by atoms with Gasteiger partial charge in [-0.1, -0.05) is 34.6 Å². The van der Waals surface area contributed by atoms with E-state index >= 15 is 0 Å². The molecule has 0 aromatic carbocycles. The zero-order chi connectivity index (χ0) is 8.20. The first-order valence-corrected chi connectivity index (χ1v) is 4.36. The molecule has 0 N–H and O–H groups in total. The fourth-order valence-corrected chi connectivity index (χ4v) is 1.39. The molecule has 0 bridgehead atoms. The Morgan fingerprint density at radius 2 is 1.60 bits per heavy atom. The number of hydrogen-bond acceptors (Lipinski definition) is 1. The van der Waals surface area contributed by atoms with E-state index in [0.717, 1.165) is 0 Å². The Balaban J connectivity index is 0.000000371. The highest BCUT2D eigenvalue weighted by atomic mass is 15.2. The fourth-order valence-electron chi connectivity index (χ4n) is 1.39. The van der Waals surface area contributed by atoms with E-state index in [1.807, 2.05) is 13.8 Å². The largest absolute Gasteiger partial charge is 0.302 e. The Kier molecular flexibility index (Phi) is 3.95. The van der Waals surface area contributed by atoms with Crippen LogP contribution in [0.25, 0.3) is 0 Å². The number of likely N-dealkylation sites (tertiary alicyclic amines) is 1. The maximum absolute atomic E-state index is 2.46. The van der Waals surface area contributed by atoms with E-state index in [-0.39, 0.29) is 0 Å². The van der Waals surface area contributed by atoms with Crippen LogP contribution in [0, 0.1) is 5.41 Å². The van der Waals surface area contributed by atoms with Crippen LogP contribution in [0.1, 0.15) is 34.6 Å². The van der Waals surface area contributed by atoms with Gasteiger partial charge >= 0.3 is 0 Å². The lowest BCUT2D eigenvalue weighted by Crippen LogP contribution is -2.52. The van der Waals surface area contributed by atoms with E-state index in [1.165, 1.54) is 19.6 Å². The molecular weight excluding hydrogens is 122 g/mol. The fraction of sp³-hybridized carbons (Fsp3) is 1.00. The molecule has 0 aromatic heterocycles. The summed E-state index contributed by atoms with van der Waals surface area (Å²) in [5.74, 6) is 0. The smallest absolute Gasteiger partial charge is 0.00450 e. The molecule has 1 nitrogen and oxygen atoms in total. The lowest BCUT2D eigenvalue weighted by Gasteiger charge is -2.45. The Morgan fingerprint density at radius 1 is 1.20 bits per heavy atom.